The first-order chi connectivity index (χ1) is 10.6. The number of aliphatic carboxylic acids is 1. The highest BCUT2D eigenvalue weighted by molar-refractivity contribution is 5.75. The maximum atomic E-state index is 12.2. The van der Waals surface area contributed by atoms with Crippen molar-refractivity contribution >= 4 is 17.7 Å². The van der Waals surface area contributed by atoms with Crippen LogP contribution in [0.4, 0.5) is 10.5 Å². The van der Waals surface area contributed by atoms with E-state index in [9.17, 15) is 9.59 Å². The van der Waals surface area contributed by atoms with Crippen LogP contribution in [0.15, 0.2) is 24.3 Å². The number of carboxylic acids is 1. The Morgan fingerprint density at radius 2 is 2.09 bits per heavy atom. The van der Waals surface area contributed by atoms with E-state index in [-0.39, 0.29) is 19.0 Å². The molecule has 118 valence electrons. The lowest BCUT2D eigenvalue weighted by molar-refractivity contribution is -0.136. The van der Waals surface area contributed by atoms with Gasteiger partial charge in [0.15, 0.2) is 0 Å². The van der Waals surface area contributed by atoms with Gasteiger partial charge >= 0.3 is 12.0 Å². The number of urea groups is 1. The lowest BCUT2D eigenvalue weighted by atomic mass is 10.1. The average molecular weight is 303 g/mol. The van der Waals surface area contributed by atoms with Crippen molar-refractivity contribution in [1.82, 2.24) is 10.2 Å². The van der Waals surface area contributed by atoms with Crippen molar-refractivity contribution in [3.63, 3.8) is 0 Å². The molecule has 22 heavy (non-hydrogen) atoms. The van der Waals surface area contributed by atoms with Crippen LogP contribution in [0.1, 0.15) is 18.4 Å². The van der Waals surface area contributed by atoms with Crippen molar-refractivity contribution in [2.24, 2.45) is 0 Å². The number of benzene rings is 1. The van der Waals surface area contributed by atoms with Gasteiger partial charge in [0, 0.05) is 31.9 Å². The number of carboxylic acid groups (broad SMARTS) is 1. The van der Waals surface area contributed by atoms with Crippen LogP contribution >= 0.6 is 0 Å². The molecule has 2 N–H and O–H groups in total. The largest absolute Gasteiger partial charge is 0.481 e. The predicted molar refractivity (Wildman–Crippen MR) is 83.1 cm³/mol. The minimum Gasteiger partial charge on any atom is -0.481 e. The first kappa shape index (κ1) is 14.7. The third-order valence-corrected chi connectivity index (χ3v) is 4.36. The van der Waals surface area contributed by atoms with Crippen LogP contribution in [0.2, 0.25) is 0 Å². The van der Waals surface area contributed by atoms with E-state index in [4.69, 9.17) is 5.11 Å². The molecule has 6 heteroatoms. The fraction of sp³-hybridized carbons (Fsp3) is 0.500. The number of rotatable bonds is 3. The summed E-state index contributed by atoms with van der Waals surface area (Å²) in [5.74, 6) is -0.895. The number of nitrogens with one attached hydrogen (secondary N) is 1. The molecule has 0 aliphatic carbocycles. The second kappa shape index (κ2) is 6.25. The van der Waals surface area contributed by atoms with Gasteiger partial charge in [-0.15, -0.1) is 0 Å². The Bertz CT molecular complexity index is 576. The second-order valence-electron chi connectivity index (χ2n) is 5.86. The van der Waals surface area contributed by atoms with Gasteiger partial charge in [-0.1, -0.05) is 18.2 Å². The zero-order valence-corrected chi connectivity index (χ0v) is 12.5. The quantitative estimate of drug-likeness (QED) is 0.883. The molecular weight excluding hydrogens is 282 g/mol. The van der Waals surface area contributed by atoms with E-state index in [1.165, 1.54) is 11.3 Å². The van der Waals surface area contributed by atoms with Crippen LogP contribution < -0.4 is 10.2 Å². The van der Waals surface area contributed by atoms with Crippen LogP contribution in [0.5, 0.6) is 0 Å². The summed E-state index contributed by atoms with van der Waals surface area (Å²) in [5.41, 5.74) is 2.64. The minimum atomic E-state index is -0.895. The summed E-state index contributed by atoms with van der Waals surface area (Å²) in [5, 5.41) is 11.3. The molecule has 0 radical (unpaired) electrons. The number of para-hydroxylation sites is 1. The molecule has 2 aliphatic heterocycles. The molecule has 6 nitrogen and oxygen atoms in total. The van der Waals surface area contributed by atoms with Crippen molar-refractivity contribution in [3.8, 4) is 0 Å². The first-order valence-corrected chi connectivity index (χ1v) is 7.74. The van der Waals surface area contributed by atoms with Gasteiger partial charge in [-0.3, -0.25) is 4.79 Å². The fourth-order valence-electron chi connectivity index (χ4n) is 3.34. The Balaban J connectivity index is 1.62. The van der Waals surface area contributed by atoms with Crippen LogP contribution in [0.3, 0.4) is 0 Å². The van der Waals surface area contributed by atoms with Crippen molar-refractivity contribution in [2.45, 2.75) is 25.3 Å². The monoisotopic (exact) mass is 303 g/mol. The summed E-state index contributed by atoms with van der Waals surface area (Å²) in [4.78, 5) is 26.9. The number of amides is 2. The highest BCUT2D eigenvalue weighted by atomic mass is 16.4. The van der Waals surface area contributed by atoms with E-state index in [0.29, 0.717) is 19.1 Å². The number of carbonyl (C=O) groups excluding carboxylic acids is 1. The fourth-order valence-corrected chi connectivity index (χ4v) is 3.34. The maximum Gasteiger partial charge on any atom is 0.317 e. The highest BCUT2D eigenvalue weighted by Crippen LogP contribution is 2.33. The predicted octanol–water partition coefficient (Wildman–Crippen LogP) is 1.31. The molecular formula is C16H21N3O3. The summed E-state index contributed by atoms with van der Waals surface area (Å²) in [6.07, 6.45) is 1.85. The topological polar surface area (TPSA) is 72.9 Å². The Kier molecular flexibility index (Phi) is 4.18. The minimum absolute atomic E-state index is 0.0411. The van der Waals surface area contributed by atoms with Crippen molar-refractivity contribution in [2.75, 3.05) is 31.1 Å². The molecule has 1 aromatic rings. The molecule has 3 rings (SSSR count). The van der Waals surface area contributed by atoms with Crippen LogP contribution in [-0.4, -0.2) is 54.2 Å². The maximum absolute atomic E-state index is 12.2. The van der Waals surface area contributed by atoms with E-state index >= 15 is 0 Å². The third-order valence-electron chi connectivity index (χ3n) is 4.36. The molecule has 1 fully saturated rings. The summed E-state index contributed by atoms with van der Waals surface area (Å²) in [7, 11) is 0. The highest BCUT2D eigenvalue weighted by Gasteiger charge is 2.33. The first-order valence-electron chi connectivity index (χ1n) is 7.74. The van der Waals surface area contributed by atoms with Crippen molar-refractivity contribution in [3.05, 3.63) is 29.8 Å². The van der Waals surface area contributed by atoms with Crippen LogP contribution in [0, 0.1) is 0 Å². The molecule has 0 spiro atoms. The van der Waals surface area contributed by atoms with Gasteiger partial charge in [0.05, 0.1) is 12.5 Å². The molecule has 1 unspecified atom stereocenters. The van der Waals surface area contributed by atoms with Gasteiger partial charge in [-0.05, 0) is 24.5 Å². The van der Waals surface area contributed by atoms with Gasteiger partial charge < -0.3 is 20.2 Å². The Hall–Kier alpha value is -2.24. The zero-order valence-electron chi connectivity index (χ0n) is 12.5. The van der Waals surface area contributed by atoms with Gasteiger partial charge in [0.25, 0.3) is 0 Å². The van der Waals surface area contributed by atoms with Crippen LogP contribution in [-0.2, 0) is 11.2 Å². The Morgan fingerprint density at radius 1 is 1.27 bits per heavy atom. The van der Waals surface area contributed by atoms with Crippen molar-refractivity contribution < 1.29 is 14.7 Å². The summed E-state index contributed by atoms with van der Waals surface area (Å²) < 4.78 is 0. The van der Waals surface area contributed by atoms with Crippen molar-refractivity contribution in [1.29, 1.82) is 0 Å². The number of nitrogens with zero attached hydrogens (tertiary/aromatic N) is 2. The molecule has 1 saturated heterocycles. The molecule has 1 aromatic carbocycles. The number of hydrogen-bond donors (Lipinski definition) is 2. The Morgan fingerprint density at radius 3 is 2.91 bits per heavy atom. The van der Waals surface area contributed by atoms with Gasteiger partial charge in [-0.25, -0.2) is 4.79 Å². The third kappa shape index (κ3) is 3.00. The molecule has 1 atom stereocenters. The molecule has 0 saturated carbocycles. The van der Waals surface area contributed by atoms with E-state index in [1.54, 1.807) is 0 Å². The molecule has 0 bridgehead atoms. The van der Waals surface area contributed by atoms with Crippen LogP contribution in [0.25, 0.3) is 0 Å². The number of fused-ring (bicyclic) bond motifs is 3. The van der Waals surface area contributed by atoms with Gasteiger partial charge in [0.2, 0.25) is 0 Å². The SMILES string of the molecule is O=C(O)CCNC(=O)N1CCCN2c3ccccc3CC2C1. The Labute approximate surface area is 129 Å². The molecule has 2 amide bonds. The smallest absolute Gasteiger partial charge is 0.317 e. The molecule has 2 heterocycles. The van der Waals surface area contributed by atoms with E-state index in [2.05, 4.69) is 34.5 Å². The lowest BCUT2D eigenvalue weighted by Crippen LogP contribution is -2.46. The normalized spacial score (nSPS) is 20.1. The summed E-state index contributed by atoms with van der Waals surface area (Å²) in [6.45, 7) is 2.54. The zero-order chi connectivity index (χ0) is 15.5. The van der Waals surface area contributed by atoms with E-state index in [0.717, 1.165) is 19.4 Å². The number of carbonyl (C=O) groups is 2. The number of anilines is 1. The standard InChI is InChI=1S/C16H21N3O3/c20-15(21)6-7-17-16(22)18-8-3-9-19-13(11-18)10-12-4-1-2-5-14(12)19/h1-2,4-5,13H,3,6-11H2,(H,17,22)(H,20,21). The average Bonchev–Trinajstić information content (AvgIpc) is 2.70. The molecule has 2 aliphatic rings. The van der Waals surface area contributed by atoms with Gasteiger partial charge in [-0.2, -0.15) is 0 Å². The van der Waals surface area contributed by atoms with E-state index < -0.39 is 5.97 Å². The summed E-state index contributed by atoms with van der Waals surface area (Å²) >= 11 is 0. The van der Waals surface area contributed by atoms with Gasteiger partial charge in [0.1, 0.15) is 0 Å². The second-order valence-corrected chi connectivity index (χ2v) is 5.86. The van der Waals surface area contributed by atoms with E-state index in [1.807, 2.05) is 4.90 Å². The summed E-state index contributed by atoms with van der Waals surface area (Å²) in [6, 6.07) is 8.59. The number of hydrogen-bond acceptors (Lipinski definition) is 3. The lowest BCUT2D eigenvalue weighted by Gasteiger charge is -2.27. The molecule has 0 aromatic heterocycles.